The van der Waals surface area contributed by atoms with Gasteiger partial charge in [0.2, 0.25) is 0 Å². The topological polar surface area (TPSA) is 59.5 Å². The normalized spacial score (nSPS) is 13.7. The molecule has 0 saturated carbocycles. The fraction of sp³-hybridized carbons (Fsp3) is 0.267. The van der Waals surface area contributed by atoms with Gasteiger partial charge in [-0.1, -0.05) is 6.07 Å². The number of rotatable bonds is 1. The Kier molecular flexibility index (Phi) is 2.59. The van der Waals surface area contributed by atoms with Gasteiger partial charge in [-0.05, 0) is 49.6 Å². The first-order valence-electron chi connectivity index (χ1n) is 6.33. The van der Waals surface area contributed by atoms with Crippen molar-refractivity contribution in [1.29, 1.82) is 0 Å². The first-order chi connectivity index (χ1) is 9.06. The van der Waals surface area contributed by atoms with Crippen LogP contribution in [-0.2, 0) is 6.42 Å². The molecule has 0 atom stereocenters. The number of amides is 1. The summed E-state index contributed by atoms with van der Waals surface area (Å²) in [6, 6.07) is 7.46. The molecule has 98 valence electrons. The zero-order valence-electron chi connectivity index (χ0n) is 11.1. The van der Waals surface area contributed by atoms with Crippen LogP contribution in [0.15, 0.2) is 28.7 Å². The minimum absolute atomic E-state index is 0.102. The maximum atomic E-state index is 12.4. The lowest BCUT2D eigenvalue weighted by Crippen LogP contribution is -2.28. The van der Waals surface area contributed by atoms with Gasteiger partial charge >= 0.3 is 0 Å². The lowest BCUT2D eigenvalue weighted by atomic mass is 10.1. The zero-order valence-corrected chi connectivity index (χ0v) is 11.1. The fourth-order valence-electron chi connectivity index (χ4n) is 2.47. The molecular formula is C15H16N2O2. The Bertz CT molecular complexity index is 658. The summed E-state index contributed by atoms with van der Waals surface area (Å²) in [5.74, 6) is 1.02. The molecule has 0 fully saturated rings. The number of hydrogen-bond acceptors (Lipinski definition) is 3. The van der Waals surface area contributed by atoms with Crippen LogP contribution in [0, 0.1) is 13.8 Å². The predicted molar refractivity (Wildman–Crippen MR) is 74.4 cm³/mol. The number of carbonyl (C=O) groups is 1. The predicted octanol–water partition coefficient (Wildman–Crippen LogP) is 2.68. The van der Waals surface area contributed by atoms with Crippen LogP contribution in [0.5, 0.6) is 0 Å². The Labute approximate surface area is 111 Å². The van der Waals surface area contributed by atoms with Gasteiger partial charge in [-0.15, -0.1) is 0 Å². The van der Waals surface area contributed by atoms with Gasteiger partial charge in [0.1, 0.15) is 5.76 Å². The quantitative estimate of drug-likeness (QED) is 0.798. The standard InChI is InChI=1S/C15H16N2O2/c1-9-7-11-5-6-17(13(11)8-12(9)16)15(18)14-4-3-10(2)19-14/h3-4,7-8H,5-6,16H2,1-2H3. The Morgan fingerprint density at radius 2 is 2.11 bits per heavy atom. The molecule has 1 aliphatic rings. The number of nitrogen functional groups attached to an aromatic ring is 1. The number of hydrogen-bond donors (Lipinski definition) is 1. The van der Waals surface area contributed by atoms with E-state index in [9.17, 15) is 4.79 Å². The van der Waals surface area contributed by atoms with Crippen LogP contribution in [0.1, 0.15) is 27.4 Å². The van der Waals surface area contributed by atoms with Gasteiger partial charge in [-0.3, -0.25) is 4.79 Å². The molecule has 1 amide bonds. The summed E-state index contributed by atoms with van der Waals surface area (Å²) in [5.41, 5.74) is 9.79. The number of aryl methyl sites for hydroxylation is 2. The molecule has 2 heterocycles. The van der Waals surface area contributed by atoms with E-state index in [1.165, 1.54) is 5.56 Å². The smallest absolute Gasteiger partial charge is 0.293 e. The van der Waals surface area contributed by atoms with E-state index in [2.05, 4.69) is 6.07 Å². The molecule has 4 nitrogen and oxygen atoms in total. The number of carbonyl (C=O) groups excluding carboxylic acids is 1. The van der Waals surface area contributed by atoms with Crippen molar-refractivity contribution in [3.63, 3.8) is 0 Å². The summed E-state index contributed by atoms with van der Waals surface area (Å²) in [7, 11) is 0. The van der Waals surface area contributed by atoms with Crippen molar-refractivity contribution in [3.05, 3.63) is 46.9 Å². The van der Waals surface area contributed by atoms with Crippen molar-refractivity contribution >= 4 is 17.3 Å². The number of fused-ring (bicyclic) bond motifs is 1. The molecule has 0 saturated heterocycles. The summed E-state index contributed by atoms with van der Waals surface area (Å²) in [6.07, 6.45) is 0.863. The Hall–Kier alpha value is -2.23. The highest BCUT2D eigenvalue weighted by Crippen LogP contribution is 2.33. The van der Waals surface area contributed by atoms with Crippen molar-refractivity contribution in [2.24, 2.45) is 0 Å². The Morgan fingerprint density at radius 1 is 1.32 bits per heavy atom. The van der Waals surface area contributed by atoms with Crippen LogP contribution >= 0.6 is 0 Å². The highest BCUT2D eigenvalue weighted by molar-refractivity contribution is 6.05. The van der Waals surface area contributed by atoms with Gasteiger partial charge < -0.3 is 15.1 Å². The fourth-order valence-corrected chi connectivity index (χ4v) is 2.47. The summed E-state index contributed by atoms with van der Waals surface area (Å²) in [4.78, 5) is 14.2. The maximum Gasteiger partial charge on any atom is 0.293 e. The van der Waals surface area contributed by atoms with Crippen molar-refractivity contribution in [1.82, 2.24) is 0 Å². The summed E-state index contributed by atoms with van der Waals surface area (Å²) in [5, 5.41) is 0. The third-order valence-electron chi connectivity index (χ3n) is 3.56. The molecule has 3 rings (SSSR count). The molecule has 0 spiro atoms. The summed E-state index contributed by atoms with van der Waals surface area (Å²) < 4.78 is 5.40. The second kappa shape index (κ2) is 4.16. The molecule has 0 radical (unpaired) electrons. The molecular weight excluding hydrogens is 240 g/mol. The largest absolute Gasteiger partial charge is 0.456 e. The van der Waals surface area contributed by atoms with Crippen LogP contribution in [0.3, 0.4) is 0 Å². The molecule has 0 bridgehead atoms. The summed E-state index contributed by atoms with van der Waals surface area (Å²) >= 11 is 0. The molecule has 0 unspecified atom stereocenters. The molecule has 4 heteroatoms. The van der Waals surface area contributed by atoms with E-state index in [-0.39, 0.29) is 5.91 Å². The molecule has 1 aromatic carbocycles. The van der Waals surface area contributed by atoms with Crippen molar-refractivity contribution in [2.45, 2.75) is 20.3 Å². The van der Waals surface area contributed by atoms with E-state index in [4.69, 9.17) is 10.2 Å². The van der Waals surface area contributed by atoms with E-state index in [1.807, 2.05) is 19.9 Å². The highest BCUT2D eigenvalue weighted by Gasteiger charge is 2.27. The number of benzene rings is 1. The van der Waals surface area contributed by atoms with E-state index in [0.29, 0.717) is 18.0 Å². The minimum Gasteiger partial charge on any atom is -0.456 e. The second-order valence-electron chi connectivity index (χ2n) is 4.95. The third-order valence-corrected chi connectivity index (χ3v) is 3.56. The van der Waals surface area contributed by atoms with E-state index in [1.54, 1.807) is 17.0 Å². The first-order valence-corrected chi connectivity index (χ1v) is 6.33. The van der Waals surface area contributed by atoms with Crippen molar-refractivity contribution < 1.29 is 9.21 Å². The molecule has 1 aromatic heterocycles. The number of nitrogens with zero attached hydrogens (tertiary/aromatic N) is 1. The first kappa shape index (κ1) is 11.8. The monoisotopic (exact) mass is 256 g/mol. The number of nitrogens with two attached hydrogens (primary N) is 1. The van der Waals surface area contributed by atoms with Gasteiger partial charge in [-0.2, -0.15) is 0 Å². The lowest BCUT2D eigenvalue weighted by molar-refractivity contribution is 0.0961. The van der Waals surface area contributed by atoms with Gasteiger partial charge in [-0.25, -0.2) is 0 Å². The molecule has 0 aliphatic carbocycles. The third kappa shape index (κ3) is 1.89. The van der Waals surface area contributed by atoms with Gasteiger partial charge in [0.05, 0.1) is 0 Å². The molecule has 2 aromatic rings. The van der Waals surface area contributed by atoms with Crippen LogP contribution in [0.2, 0.25) is 0 Å². The molecule has 2 N–H and O–H groups in total. The van der Waals surface area contributed by atoms with Gasteiger partial charge in [0, 0.05) is 17.9 Å². The lowest BCUT2D eigenvalue weighted by Gasteiger charge is -2.16. The number of anilines is 2. The number of furan rings is 1. The van der Waals surface area contributed by atoms with Gasteiger partial charge in [0.15, 0.2) is 5.76 Å². The van der Waals surface area contributed by atoms with E-state index >= 15 is 0 Å². The molecule has 1 aliphatic heterocycles. The molecule has 19 heavy (non-hydrogen) atoms. The minimum atomic E-state index is -0.102. The average Bonchev–Trinajstić information content (AvgIpc) is 2.96. The Balaban J connectivity index is 1.98. The second-order valence-corrected chi connectivity index (χ2v) is 4.95. The van der Waals surface area contributed by atoms with Crippen LogP contribution < -0.4 is 10.6 Å². The highest BCUT2D eigenvalue weighted by atomic mass is 16.3. The Morgan fingerprint density at radius 3 is 2.79 bits per heavy atom. The van der Waals surface area contributed by atoms with Crippen LogP contribution in [0.4, 0.5) is 11.4 Å². The zero-order chi connectivity index (χ0) is 13.6. The SMILES string of the molecule is Cc1ccc(C(=O)N2CCc3cc(C)c(N)cc32)o1. The van der Waals surface area contributed by atoms with Crippen LogP contribution in [-0.4, -0.2) is 12.5 Å². The van der Waals surface area contributed by atoms with Crippen LogP contribution in [0.25, 0.3) is 0 Å². The average molecular weight is 256 g/mol. The van der Waals surface area contributed by atoms with Crippen molar-refractivity contribution in [3.8, 4) is 0 Å². The maximum absolute atomic E-state index is 12.4. The van der Waals surface area contributed by atoms with E-state index in [0.717, 1.165) is 23.4 Å². The van der Waals surface area contributed by atoms with Crippen molar-refractivity contribution in [2.75, 3.05) is 17.2 Å². The van der Waals surface area contributed by atoms with Gasteiger partial charge in [0.25, 0.3) is 5.91 Å². The summed E-state index contributed by atoms with van der Waals surface area (Å²) in [6.45, 7) is 4.49. The van der Waals surface area contributed by atoms with E-state index < -0.39 is 0 Å².